The molecule has 0 aliphatic rings. The quantitative estimate of drug-likeness (QED) is 0.438. The second-order valence-electron chi connectivity index (χ2n) is 0.723. The predicted octanol–water partition coefficient (Wildman–Crippen LogP) is -1.45. The van der Waals surface area contributed by atoms with Gasteiger partial charge in [-0.3, -0.25) is 0 Å². The van der Waals surface area contributed by atoms with Crippen molar-refractivity contribution in [3.8, 4) is 0 Å². The van der Waals surface area contributed by atoms with Crippen molar-refractivity contribution < 1.29 is 23.5 Å². The van der Waals surface area contributed by atoms with E-state index in [0.29, 0.717) is 0 Å². The first-order valence-electron chi connectivity index (χ1n) is 1.42. The van der Waals surface area contributed by atoms with Gasteiger partial charge in [0.25, 0.3) is 0 Å². The predicted molar refractivity (Wildman–Crippen MR) is 24.4 cm³/mol. The Bertz CT molecular complexity index is 46.5. The first kappa shape index (κ1) is 11.2. The molecule has 0 amide bonds. The number of rotatable bonds is 2. The molecule has 3 nitrogen and oxygen atoms in total. The Labute approximate surface area is 57.0 Å². The van der Waals surface area contributed by atoms with Gasteiger partial charge in [0.15, 0.2) is 0 Å². The first-order chi connectivity index (χ1) is 3.13. The molecular formula is CH4BF2LiO3. The SMILES string of the molecule is OB(O)OC(F)F.[LiH]. The van der Waals surface area contributed by atoms with E-state index in [4.69, 9.17) is 10.0 Å². The van der Waals surface area contributed by atoms with Gasteiger partial charge in [-0.25, -0.2) is 0 Å². The fraction of sp³-hybridized carbons (Fsp3) is 1.00. The Morgan fingerprint density at radius 3 is 1.75 bits per heavy atom. The van der Waals surface area contributed by atoms with E-state index in [1.165, 1.54) is 0 Å². The maximum absolute atomic E-state index is 10.7. The molecule has 2 N–H and O–H groups in total. The van der Waals surface area contributed by atoms with Crippen LogP contribution in [0.15, 0.2) is 0 Å². The fourth-order valence-corrected chi connectivity index (χ4v) is 0.0920. The molecule has 0 rings (SSSR count). The van der Waals surface area contributed by atoms with Gasteiger partial charge >= 0.3 is 32.8 Å². The second-order valence-corrected chi connectivity index (χ2v) is 0.723. The topological polar surface area (TPSA) is 49.7 Å². The molecule has 0 heterocycles. The third-order valence-electron chi connectivity index (χ3n) is 0.225. The van der Waals surface area contributed by atoms with Crippen LogP contribution in [0.5, 0.6) is 0 Å². The summed E-state index contributed by atoms with van der Waals surface area (Å²) in [6.07, 6.45) is 0. The molecule has 0 saturated carbocycles. The molecule has 0 saturated heterocycles. The van der Waals surface area contributed by atoms with Crippen molar-refractivity contribution in [3.63, 3.8) is 0 Å². The Morgan fingerprint density at radius 2 is 1.75 bits per heavy atom. The minimum absolute atomic E-state index is 0. The van der Waals surface area contributed by atoms with Crippen LogP contribution in [0.1, 0.15) is 0 Å². The molecule has 0 unspecified atom stereocenters. The van der Waals surface area contributed by atoms with Crippen molar-refractivity contribution in [1.82, 2.24) is 0 Å². The first-order valence-corrected chi connectivity index (χ1v) is 1.42. The second kappa shape index (κ2) is 5.54. The van der Waals surface area contributed by atoms with E-state index in [-0.39, 0.29) is 18.9 Å². The standard InChI is InChI=1S/CH3BF2O3.Li.H/c3-1(4)7-2(5)6;;/h1,5-6H;;. The molecule has 0 aliphatic heterocycles. The monoisotopic (exact) mass is 120 g/mol. The van der Waals surface area contributed by atoms with E-state index >= 15 is 0 Å². The van der Waals surface area contributed by atoms with Crippen molar-refractivity contribution in [2.75, 3.05) is 0 Å². The average Bonchev–Trinajstić information content (AvgIpc) is 1.27. The molecule has 44 valence electrons. The van der Waals surface area contributed by atoms with Crippen LogP contribution in [0.4, 0.5) is 8.78 Å². The van der Waals surface area contributed by atoms with Gasteiger partial charge in [0.2, 0.25) is 0 Å². The third kappa shape index (κ3) is 9.64. The zero-order chi connectivity index (χ0) is 5.86. The summed E-state index contributed by atoms with van der Waals surface area (Å²) in [5.74, 6) is 0. The van der Waals surface area contributed by atoms with Gasteiger partial charge in [0, 0.05) is 0 Å². The summed E-state index contributed by atoms with van der Waals surface area (Å²) in [6.45, 7) is -3.13. The Morgan fingerprint density at radius 1 is 1.38 bits per heavy atom. The number of halogens is 2. The van der Waals surface area contributed by atoms with Crippen LogP contribution in [0.3, 0.4) is 0 Å². The molecule has 0 aromatic heterocycles. The number of hydrogen-bond acceptors (Lipinski definition) is 3. The maximum atomic E-state index is 10.7. The van der Waals surface area contributed by atoms with Crippen molar-refractivity contribution >= 4 is 26.2 Å². The van der Waals surface area contributed by atoms with Crippen LogP contribution in [-0.4, -0.2) is 42.8 Å². The van der Waals surface area contributed by atoms with Gasteiger partial charge in [-0.05, 0) is 0 Å². The zero-order valence-electron chi connectivity index (χ0n) is 3.21. The number of hydrogen-bond donors (Lipinski definition) is 2. The molecule has 8 heavy (non-hydrogen) atoms. The summed E-state index contributed by atoms with van der Waals surface area (Å²) in [6, 6.07) is 0. The molecule has 0 aliphatic carbocycles. The summed E-state index contributed by atoms with van der Waals surface area (Å²) in [4.78, 5) is 0. The molecular weight excluding hydrogens is 116 g/mol. The van der Waals surface area contributed by atoms with Crippen LogP contribution in [0, 0.1) is 0 Å². The molecule has 0 spiro atoms. The Hall–Kier alpha value is 0.402. The van der Waals surface area contributed by atoms with Crippen molar-refractivity contribution in [2.24, 2.45) is 0 Å². The van der Waals surface area contributed by atoms with E-state index in [2.05, 4.69) is 4.65 Å². The normalized spacial score (nSPS) is 8.62. The summed E-state index contributed by atoms with van der Waals surface area (Å²) in [5.41, 5.74) is 0. The van der Waals surface area contributed by atoms with Crippen LogP contribution in [0.2, 0.25) is 0 Å². The van der Waals surface area contributed by atoms with Gasteiger partial charge < -0.3 is 14.7 Å². The van der Waals surface area contributed by atoms with E-state index in [1.54, 1.807) is 0 Å². The van der Waals surface area contributed by atoms with Crippen molar-refractivity contribution in [3.05, 3.63) is 0 Å². The average molecular weight is 120 g/mol. The van der Waals surface area contributed by atoms with Gasteiger partial charge in [0.05, 0.1) is 0 Å². The number of alkyl halides is 2. The summed E-state index contributed by atoms with van der Waals surface area (Å²) < 4.78 is 24.5. The van der Waals surface area contributed by atoms with E-state index in [0.717, 1.165) is 0 Å². The summed E-state index contributed by atoms with van der Waals surface area (Å²) in [5, 5.41) is 15.2. The molecule has 0 fully saturated rings. The molecule has 7 heteroatoms. The summed E-state index contributed by atoms with van der Waals surface area (Å²) in [7, 11) is -2.38. The molecule has 0 aromatic carbocycles. The molecule has 0 aromatic rings. The molecule has 0 atom stereocenters. The van der Waals surface area contributed by atoms with Crippen LogP contribution in [0.25, 0.3) is 0 Å². The van der Waals surface area contributed by atoms with Gasteiger partial charge in [-0.1, -0.05) is 0 Å². The van der Waals surface area contributed by atoms with Gasteiger partial charge in [0.1, 0.15) is 0 Å². The van der Waals surface area contributed by atoms with Crippen LogP contribution in [-0.2, 0) is 4.65 Å². The Balaban J connectivity index is 0. The van der Waals surface area contributed by atoms with E-state index in [1.807, 2.05) is 0 Å². The van der Waals surface area contributed by atoms with E-state index in [9.17, 15) is 8.78 Å². The zero-order valence-corrected chi connectivity index (χ0v) is 3.21. The van der Waals surface area contributed by atoms with E-state index < -0.39 is 13.9 Å². The van der Waals surface area contributed by atoms with Gasteiger partial charge in [-0.15, -0.1) is 0 Å². The summed E-state index contributed by atoms with van der Waals surface area (Å²) >= 11 is 0. The molecule has 0 radical (unpaired) electrons. The third-order valence-corrected chi connectivity index (χ3v) is 0.225. The minimum atomic E-state index is -3.13. The van der Waals surface area contributed by atoms with Crippen LogP contribution >= 0.6 is 0 Å². The fourth-order valence-electron chi connectivity index (χ4n) is 0.0920. The van der Waals surface area contributed by atoms with Crippen molar-refractivity contribution in [1.29, 1.82) is 0 Å². The van der Waals surface area contributed by atoms with Crippen LogP contribution < -0.4 is 0 Å². The van der Waals surface area contributed by atoms with Crippen molar-refractivity contribution in [2.45, 2.75) is 6.61 Å². The van der Waals surface area contributed by atoms with Gasteiger partial charge in [-0.2, -0.15) is 8.78 Å². The Kier molecular flexibility index (Phi) is 7.77. The molecule has 0 bridgehead atoms.